The highest BCUT2D eigenvalue weighted by Gasteiger charge is 2.04. The molecule has 0 aromatic heterocycles. The van der Waals surface area contributed by atoms with E-state index >= 15 is 0 Å². The molecular formula is C16H17BrN2S. The molecule has 0 aliphatic heterocycles. The molecule has 0 aliphatic carbocycles. The quantitative estimate of drug-likeness (QED) is 0.728. The summed E-state index contributed by atoms with van der Waals surface area (Å²) in [5.41, 5.74) is 3.24. The topological polar surface area (TPSA) is 24.1 Å². The third-order valence-corrected chi connectivity index (χ3v) is 3.83. The molecule has 0 fully saturated rings. The average molecular weight is 349 g/mol. The van der Waals surface area contributed by atoms with Gasteiger partial charge in [0.15, 0.2) is 5.11 Å². The van der Waals surface area contributed by atoms with Gasteiger partial charge in [-0.05, 0) is 63.9 Å². The Morgan fingerprint density at radius 1 is 1.05 bits per heavy atom. The van der Waals surface area contributed by atoms with Crippen LogP contribution in [0.2, 0.25) is 0 Å². The lowest BCUT2D eigenvalue weighted by molar-refractivity contribution is 0.867. The first-order chi connectivity index (χ1) is 9.56. The van der Waals surface area contributed by atoms with Crippen LogP contribution in [0.1, 0.15) is 25.3 Å². The van der Waals surface area contributed by atoms with Gasteiger partial charge in [-0.25, -0.2) is 0 Å². The van der Waals surface area contributed by atoms with Crippen LogP contribution in [-0.4, -0.2) is 5.11 Å². The normalized spacial score (nSPS) is 10.4. The number of para-hydroxylation sites is 1. The van der Waals surface area contributed by atoms with E-state index in [-0.39, 0.29) is 0 Å². The molecule has 20 heavy (non-hydrogen) atoms. The van der Waals surface area contributed by atoms with Crippen LogP contribution >= 0.6 is 28.1 Å². The molecule has 2 aromatic carbocycles. The predicted octanol–water partition coefficient (Wildman–Crippen LogP) is 5.38. The number of anilines is 2. The van der Waals surface area contributed by atoms with Crippen molar-refractivity contribution >= 4 is 44.6 Å². The Kier molecular flexibility index (Phi) is 5.15. The van der Waals surface area contributed by atoms with E-state index in [0.717, 1.165) is 15.8 Å². The van der Waals surface area contributed by atoms with E-state index in [1.54, 1.807) is 0 Å². The van der Waals surface area contributed by atoms with Gasteiger partial charge in [-0.2, -0.15) is 0 Å². The van der Waals surface area contributed by atoms with Gasteiger partial charge in [0.05, 0.1) is 5.69 Å². The van der Waals surface area contributed by atoms with Crippen molar-refractivity contribution in [3.63, 3.8) is 0 Å². The SMILES string of the molecule is CC(C)c1cccc(NC(=S)Nc2ccccc2Br)c1. The highest BCUT2D eigenvalue weighted by Crippen LogP contribution is 2.22. The number of hydrogen-bond donors (Lipinski definition) is 2. The Balaban J connectivity index is 2.05. The number of rotatable bonds is 3. The lowest BCUT2D eigenvalue weighted by Crippen LogP contribution is -2.19. The van der Waals surface area contributed by atoms with Crippen LogP contribution in [0.25, 0.3) is 0 Å². The van der Waals surface area contributed by atoms with E-state index in [0.29, 0.717) is 11.0 Å². The summed E-state index contributed by atoms with van der Waals surface area (Å²) in [6, 6.07) is 16.2. The van der Waals surface area contributed by atoms with Gasteiger partial charge in [0.2, 0.25) is 0 Å². The predicted molar refractivity (Wildman–Crippen MR) is 94.5 cm³/mol. The molecule has 4 heteroatoms. The molecule has 2 nitrogen and oxygen atoms in total. The summed E-state index contributed by atoms with van der Waals surface area (Å²) in [5, 5.41) is 6.97. The van der Waals surface area contributed by atoms with Crippen LogP contribution in [0.4, 0.5) is 11.4 Å². The zero-order chi connectivity index (χ0) is 14.5. The van der Waals surface area contributed by atoms with Crippen molar-refractivity contribution in [1.29, 1.82) is 0 Å². The summed E-state index contributed by atoms with van der Waals surface area (Å²) >= 11 is 8.83. The molecule has 0 unspecified atom stereocenters. The lowest BCUT2D eigenvalue weighted by atomic mass is 10.0. The van der Waals surface area contributed by atoms with Crippen molar-refractivity contribution in [3.05, 3.63) is 58.6 Å². The second-order valence-electron chi connectivity index (χ2n) is 4.84. The molecule has 2 aromatic rings. The summed E-state index contributed by atoms with van der Waals surface area (Å²) in [6.45, 7) is 4.35. The maximum absolute atomic E-state index is 5.34. The molecule has 0 saturated heterocycles. The molecule has 0 atom stereocenters. The summed E-state index contributed by atoms with van der Waals surface area (Å²) < 4.78 is 0.986. The van der Waals surface area contributed by atoms with Crippen LogP contribution in [0.15, 0.2) is 53.0 Å². The minimum atomic E-state index is 0.501. The van der Waals surface area contributed by atoms with Gasteiger partial charge in [0.1, 0.15) is 0 Å². The molecule has 2 N–H and O–H groups in total. The summed E-state index contributed by atoms with van der Waals surface area (Å²) in [4.78, 5) is 0. The Hall–Kier alpha value is -1.39. The van der Waals surface area contributed by atoms with E-state index < -0.39 is 0 Å². The third kappa shape index (κ3) is 4.05. The van der Waals surface area contributed by atoms with Crippen LogP contribution in [0.5, 0.6) is 0 Å². The van der Waals surface area contributed by atoms with Crippen molar-refractivity contribution in [2.75, 3.05) is 10.6 Å². The fourth-order valence-electron chi connectivity index (χ4n) is 1.82. The van der Waals surface area contributed by atoms with Gasteiger partial charge < -0.3 is 10.6 Å². The fourth-order valence-corrected chi connectivity index (χ4v) is 2.43. The molecule has 0 aliphatic rings. The molecule has 104 valence electrons. The maximum atomic E-state index is 5.34. The number of halogens is 1. The third-order valence-electron chi connectivity index (χ3n) is 2.93. The Morgan fingerprint density at radius 3 is 2.50 bits per heavy atom. The fraction of sp³-hybridized carbons (Fsp3) is 0.188. The number of thiocarbonyl (C=S) groups is 1. The van der Waals surface area contributed by atoms with Crippen LogP contribution in [0, 0.1) is 0 Å². The van der Waals surface area contributed by atoms with Crippen LogP contribution in [0.3, 0.4) is 0 Å². The first-order valence-electron chi connectivity index (χ1n) is 6.49. The number of benzene rings is 2. The van der Waals surface area contributed by atoms with Gasteiger partial charge >= 0.3 is 0 Å². The number of hydrogen-bond acceptors (Lipinski definition) is 1. The summed E-state index contributed by atoms with van der Waals surface area (Å²) in [6.07, 6.45) is 0. The van der Waals surface area contributed by atoms with E-state index in [4.69, 9.17) is 12.2 Å². The molecule has 0 bridgehead atoms. The van der Waals surface area contributed by atoms with Crippen molar-refractivity contribution in [3.8, 4) is 0 Å². The molecular weight excluding hydrogens is 332 g/mol. The van der Waals surface area contributed by atoms with E-state index in [1.807, 2.05) is 36.4 Å². The lowest BCUT2D eigenvalue weighted by Gasteiger charge is -2.13. The number of nitrogens with one attached hydrogen (secondary N) is 2. The second-order valence-corrected chi connectivity index (χ2v) is 6.10. The second kappa shape index (κ2) is 6.86. The molecule has 0 amide bonds. The smallest absolute Gasteiger partial charge is 0.175 e. The van der Waals surface area contributed by atoms with Crippen LogP contribution in [-0.2, 0) is 0 Å². The van der Waals surface area contributed by atoms with Crippen molar-refractivity contribution in [2.24, 2.45) is 0 Å². The van der Waals surface area contributed by atoms with Gasteiger partial charge in [0.25, 0.3) is 0 Å². The van der Waals surface area contributed by atoms with Gasteiger partial charge in [-0.1, -0.05) is 38.1 Å². The Morgan fingerprint density at radius 2 is 1.80 bits per heavy atom. The van der Waals surface area contributed by atoms with E-state index in [2.05, 4.69) is 52.5 Å². The van der Waals surface area contributed by atoms with E-state index in [9.17, 15) is 0 Å². The molecule has 0 saturated carbocycles. The minimum absolute atomic E-state index is 0.501. The van der Waals surface area contributed by atoms with Crippen LogP contribution < -0.4 is 10.6 Å². The van der Waals surface area contributed by atoms with Crippen molar-refractivity contribution in [1.82, 2.24) is 0 Å². The molecule has 0 heterocycles. The average Bonchev–Trinajstić information content (AvgIpc) is 2.41. The molecule has 0 radical (unpaired) electrons. The zero-order valence-corrected chi connectivity index (χ0v) is 13.9. The van der Waals surface area contributed by atoms with Crippen molar-refractivity contribution in [2.45, 2.75) is 19.8 Å². The minimum Gasteiger partial charge on any atom is -0.332 e. The molecule has 0 spiro atoms. The Bertz CT molecular complexity index is 611. The van der Waals surface area contributed by atoms with Gasteiger partial charge in [0, 0.05) is 10.2 Å². The zero-order valence-electron chi connectivity index (χ0n) is 11.5. The largest absolute Gasteiger partial charge is 0.332 e. The monoisotopic (exact) mass is 348 g/mol. The molecule has 2 rings (SSSR count). The first-order valence-corrected chi connectivity index (χ1v) is 7.69. The standard InChI is InChI=1S/C16H17BrN2S/c1-11(2)12-6-5-7-13(10-12)18-16(20)19-15-9-4-3-8-14(15)17/h3-11H,1-2H3,(H2,18,19,20). The summed E-state index contributed by atoms with van der Waals surface area (Å²) in [7, 11) is 0. The van der Waals surface area contributed by atoms with Crippen molar-refractivity contribution < 1.29 is 0 Å². The Labute approximate surface area is 133 Å². The highest BCUT2D eigenvalue weighted by molar-refractivity contribution is 9.10. The highest BCUT2D eigenvalue weighted by atomic mass is 79.9. The first kappa shape index (κ1) is 15.0. The van der Waals surface area contributed by atoms with Gasteiger partial charge in [-0.15, -0.1) is 0 Å². The summed E-state index contributed by atoms with van der Waals surface area (Å²) in [5.74, 6) is 0.501. The van der Waals surface area contributed by atoms with Gasteiger partial charge in [-0.3, -0.25) is 0 Å². The van der Waals surface area contributed by atoms with E-state index in [1.165, 1.54) is 5.56 Å². The maximum Gasteiger partial charge on any atom is 0.175 e.